The monoisotopic (exact) mass is 144 g/mol. The first kappa shape index (κ1) is 7.84. The zero-order chi connectivity index (χ0) is 8.10. The van der Waals surface area contributed by atoms with Gasteiger partial charge in [0.05, 0.1) is 6.54 Å². The molecule has 0 saturated carbocycles. The predicted octanol–water partition coefficient (Wildman–Crippen LogP) is 1.18. The molecule has 2 N–H and O–H groups in total. The van der Waals surface area contributed by atoms with E-state index in [9.17, 15) is 0 Å². The molecule has 0 aliphatic carbocycles. The highest BCUT2D eigenvalue weighted by molar-refractivity contribution is 5.42. The third-order valence-electron chi connectivity index (χ3n) is 1.34. The van der Waals surface area contributed by atoms with Crippen molar-refractivity contribution in [1.29, 1.82) is 0 Å². The number of benzene rings is 1. The minimum absolute atomic E-state index is 0.397. The van der Waals surface area contributed by atoms with Crippen LogP contribution in [0.4, 0.5) is 0 Å². The van der Waals surface area contributed by atoms with Crippen molar-refractivity contribution in [2.75, 3.05) is 6.54 Å². The van der Waals surface area contributed by atoms with Gasteiger partial charge in [-0.05, 0) is 18.6 Å². The summed E-state index contributed by atoms with van der Waals surface area (Å²) in [7, 11) is 0. The van der Waals surface area contributed by atoms with Gasteiger partial charge in [-0.2, -0.15) is 0 Å². The van der Waals surface area contributed by atoms with Gasteiger partial charge in [-0.25, -0.2) is 0 Å². The van der Waals surface area contributed by atoms with Crippen molar-refractivity contribution in [2.24, 2.45) is 5.73 Å². The molecule has 0 heterocycles. The maximum absolute atomic E-state index is 5.23. The van der Waals surface area contributed by atoms with Gasteiger partial charge in [0.1, 0.15) is 0 Å². The van der Waals surface area contributed by atoms with Crippen LogP contribution in [-0.4, -0.2) is 6.54 Å². The van der Waals surface area contributed by atoms with Crippen molar-refractivity contribution >= 4 is 0 Å². The first-order valence-corrected chi connectivity index (χ1v) is 3.44. The Bertz CT molecular complexity index is 291. The lowest BCUT2D eigenvalue weighted by atomic mass is 10.1. The van der Waals surface area contributed by atoms with Gasteiger partial charge in [0, 0.05) is 5.56 Å². The average Bonchev–Trinajstić information content (AvgIpc) is 2.03. The molecule has 0 aromatic heterocycles. The number of nitrogens with two attached hydrogens (primary N) is 1. The van der Waals surface area contributed by atoms with E-state index >= 15 is 0 Å². The normalized spacial score (nSPS) is 8.55. The summed E-state index contributed by atoms with van der Waals surface area (Å²) < 4.78 is 0. The van der Waals surface area contributed by atoms with Gasteiger partial charge >= 0.3 is 0 Å². The molecule has 0 aliphatic heterocycles. The van der Waals surface area contributed by atoms with Crippen molar-refractivity contribution < 1.29 is 0 Å². The fourth-order valence-electron chi connectivity index (χ4n) is 0.789. The Labute approximate surface area is 67.2 Å². The molecule has 1 radical (unpaired) electrons. The number of hydrogen-bond donors (Lipinski definition) is 1. The zero-order valence-corrected chi connectivity index (χ0v) is 6.30. The van der Waals surface area contributed by atoms with Gasteiger partial charge in [0.15, 0.2) is 0 Å². The first-order valence-electron chi connectivity index (χ1n) is 3.44. The first-order chi connectivity index (χ1) is 5.34. The van der Waals surface area contributed by atoms with E-state index in [0.717, 1.165) is 11.1 Å². The molecule has 1 aromatic rings. The van der Waals surface area contributed by atoms with Crippen LogP contribution in [-0.2, 0) is 0 Å². The largest absolute Gasteiger partial charge is 0.320 e. The molecule has 0 bridgehead atoms. The molecule has 0 atom stereocenters. The third kappa shape index (κ3) is 2.10. The van der Waals surface area contributed by atoms with Crippen LogP contribution >= 0.6 is 0 Å². The molecule has 0 fully saturated rings. The summed E-state index contributed by atoms with van der Waals surface area (Å²) in [5.74, 6) is 5.72. The smallest absolute Gasteiger partial charge is 0.0555 e. The fourth-order valence-corrected chi connectivity index (χ4v) is 0.789. The second-order valence-corrected chi connectivity index (χ2v) is 2.16. The highest BCUT2D eigenvalue weighted by Gasteiger charge is 1.88. The molecule has 0 amide bonds. The van der Waals surface area contributed by atoms with E-state index in [2.05, 4.69) is 18.8 Å². The molecule has 11 heavy (non-hydrogen) atoms. The van der Waals surface area contributed by atoms with E-state index in [1.54, 1.807) is 0 Å². The molecular weight excluding hydrogens is 134 g/mol. The summed E-state index contributed by atoms with van der Waals surface area (Å²) in [5, 5.41) is 0. The van der Waals surface area contributed by atoms with Crippen molar-refractivity contribution in [3.63, 3.8) is 0 Å². The van der Waals surface area contributed by atoms with Crippen molar-refractivity contribution in [3.8, 4) is 11.8 Å². The second kappa shape index (κ2) is 3.80. The molecule has 55 valence electrons. The van der Waals surface area contributed by atoms with Crippen LogP contribution in [0.3, 0.4) is 0 Å². The summed E-state index contributed by atoms with van der Waals surface area (Å²) in [6, 6.07) is 7.75. The SMILES string of the molecule is [CH2]c1ccccc1C#CCN. The predicted molar refractivity (Wildman–Crippen MR) is 46.8 cm³/mol. The van der Waals surface area contributed by atoms with Gasteiger partial charge in [-0.15, -0.1) is 0 Å². The number of rotatable bonds is 0. The van der Waals surface area contributed by atoms with Gasteiger partial charge in [-0.1, -0.05) is 30.0 Å². The Hall–Kier alpha value is -1.26. The molecule has 1 rings (SSSR count). The lowest BCUT2D eigenvalue weighted by Crippen LogP contribution is -1.93. The highest BCUT2D eigenvalue weighted by atomic mass is 14.5. The standard InChI is InChI=1S/C10H10N/c1-9-5-2-3-6-10(9)7-4-8-11/h2-3,5-6H,1,8,11H2. The highest BCUT2D eigenvalue weighted by Crippen LogP contribution is 2.03. The van der Waals surface area contributed by atoms with Crippen molar-refractivity contribution in [1.82, 2.24) is 0 Å². The van der Waals surface area contributed by atoms with Crippen LogP contribution < -0.4 is 5.73 Å². The zero-order valence-electron chi connectivity index (χ0n) is 6.30. The van der Waals surface area contributed by atoms with Crippen LogP contribution in [0.1, 0.15) is 11.1 Å². The van der Waals surface area contributed by atoms with Crippen molar-refractivity contribution in [3.05, 3.63) is 42.3 Å². The van der Waals surface area contributed by atoms with E-state index < -0.39 is 0 Å². The van der Waals surface area contributed by atoms with Crippen LogP contribution in [0.25, 0.3) is 0 Å². The van der Waals surface area contributed by atoms with Gasteiger partial charge in [-0.3, -0.25) is 0 Å². The summed E-state index contributed by atoms with van der Waals surface area (Å²) in [4.78, 5) is 0. The van der Waals surface area contributed by atoms with Gasteiger partial charge < -0.3 is 5.73 Å². The summed E-state index contributed by atoms with van der Waals surface area (Å²) in [6.45, 7) is 4.23. The fraction of sp³-hybridized carbons (Fsp3) is 0.100. The summed E-state index contributed by atoms with van der Waals surface area (Å²) in [5.41, 5.74) is 7.14. The molecule has 0 spiro atoms. The maximum atomic E-state index is 5.23. The maximum Gasteiger partial charge on any atom is 0.0555 e. The van der Waals surface area contributed by atoms with Crippen LogP contribution in [0.5, 0.6) is 0 Å². The molecule has 1 nitrogen and oxygen atoms in total. The Balaban J connectivity index is 2.95. The molecule has 1 aromatic carbocycles. The van der Waals surface area contributed by atoms with E-state index in [0.29, 0.717) is 6.54 Å². The molecular formula is C10H10N. The van der Waals surface area contributed by atoms with Crippen LogP contribution in [0, 0.1) is 18.8 Å². The Kier molecular flexibility index (Phi) is 2.71. The van der Waals surface area contributed by atoms with Crippen LogP contribution in [0.15, 0.2) is 24.3 Å². The minimum Gasteiger partial charge on any atom is -0.320 e. The molecule has 0 saturated heterocycles. The van der Waals surface area contributed by atoms with E-state index in [1.165, 1.54) is 0 Å². The van der Waals surface area contributed by atoms with Crippen LogP contribution in [0.2, 0.25) is 0 Å². The topological polar surface area (TPSA) is 26.0 Å². The summed E-state index contributed by atoms with van der Waals surface area (Å²) >= 11 is 0. The van der Waals surface area contributed by atoms with Gasteiger partial charge in [0.2, 0.25) is 0 Å². The molecule has 0 aliphatic rings. The lowest BCUT2D eigenvalue weighted by Gasteiger charge is -1.93. The minimum atomic E-state index is 0.397. The van der Waals surface area contributed by atoms with E-state index in [1.807, 2.05) is 24.3 Å². The Morgan fingerprint density at radius 3 is 2.73 bits per heavy atom. The lowest BCUT2D eigenvalue weighted by molar-refractivity contribution is 1.30. The van der Waals surface area contributed by atoms with Gasteiger partial charge in [0.25, 0.3) is 0 Å². The van der Waals surface area contributed by atoms with E-state index in [-0.39, 0.29) is 0 Å². The third-order valence-corrected chi connectivity index (χ3v) is 1.34. The Morgan fingerprint density at radius 1 is 1.36 bits per heavy atom. The molecule has 0 unspecified atom stereocenters. The van der Waals surface area contributed by atoms with E-state index in [4.69, 9.17) is 5.73 Å². The number of hydrogen-bond acceptors (Lipinski definition) is 1. The quantitative estimate of drug-likeness (QED) is 0.544. The summed E-state index contributed by atoms with van der Waals surface area (Å²) in [6.07, 6.45) is 0. The second-order valence-electron chi connectivity index (χ2n) is 2.16. The molecule has 1 heteroatoms. The van der Waals surface area contributed by atoms with Crippen molar-refractivity contribution in [2.45, 2.75) is 0 Å². The Morgan fingerprint density at radius 2 is 2.09 bits per heavy atom. The average molecular weight is 144 g/mol.